The number of rotatable bonds is 2. The largest absolute Gasteiger partial charge is 0.398 e. The van der Waals surface area contributed by atoms with Crippen LogP contribution in [0.5, 0.6) is 0 Å². The molecule has 0 aliphatic carbocycles. The molecule has 1 aliphatic heterocycles. The molecule has 2 N–H and O–H groups in total. The van der Waals surface area contributed by atoms with Crippen LogP contribution in [0.3, 0.4) is 0 Å². The van der Waals surface area contributed by atoms with E-state index in [4.69, 9.17) is 5.73 Å². The Morgan fingerprint density at radius 2 is 1.67 bits per heavy atom. The molecule has 21 heavy (non-hydrogen) atoms. The first-order chi connectivity index (χ1) is 9.91. The van der Waals surface area contributed by atoms with Gasteiger partial charge in [0.05, 0.1) is 5.56 Å². The standard InChI is InChI=1S/C16H23N3O2/c1-11(2)15(20)18-7-9-19(10-8-18)16(21)14-12(3)5-4-6-13(14)17/h4-6,11H,7-10,17H2,1-3H3. The summed E-state index contributed by atoms with van der Waals surface area (Å²) in [6.07, 6.45) is 0. The van der Waals surface area contributed by atoms with Gasteiger partial charge in [-0.15, -0.1) is 0 Å². The lowest BCUT2D eigenvalue weighted by atomic mass is 10.0. The Kier molecular flexibility index (Phi) is 4.50. The molecule has 0 atom stereocenters. The molecule has 2 rings (SSSR count). The van der Waals surface area contributed by atoms with Crippen molar-refractivity contribution < 1.29 is 9.59 Å². The summed E-state index contributed by atoms with van der Waals surface area (Å²) >= 11 is 0. The molecule has 0 unspecified atom stereocenters. The molecule has 0 bridgehead atoms. The van der Waals surface area contributed by atoms with E-state index in [1.807, 2.05) is 37.8 Å². The minimum atomic E-state index is -0.0396. The molecule has 1 aromatic rings. The van der Waals surface area contributed by atoms with Crippen LogP contribution in [-0.2, 0) is 4.79 Å². The molecule has 5 heteroatoms. The van der Waals surface area contributed by atoms with Crippen LogP contribution in [0.2, 0.25) is 0 Å². The third-order valence-corrected chi connectivity index (χ3v) is 3.89. The molecule has 1 heterocycles. The maximum atomic E-state index is 12.6. The van der Waals surface area contributed by atoms with Gasteiger partial charge in [-0.3, -0.25) is 9.59 Å². The summed E-state index contributed by atoms with van der Waals surface area (Å²) in [5, 5.41) is 0. The lowest BCUT2D eigenvalue weighted by Crippen LogP contribution is -2.51. The Bertz CT molecular complexity index is 526. The fraction of sp³-hybridized carbons (Fsp3) is 0.500. The van der Waals surface area contributed by atoms with E-state index in [-0.39, 0.29) is 17.7 Å². The van der Waals surface area contributed by atoms with Gasteiger partial charge in [-0.1, -0.05) is 26.0 Å². The van der Waals surface area contributed by atoms with E-state index in [9.17, 15) is 9.59 Å². The van der Waals surface area contributed by atoms with E-state index in [0.717, 1.165) is 5.56 Å². The number of hydrogen-bond donors (Lipinski definition) is 1. The SMILES string of the molecule is Cc1cccc(N)c1C(=O)N1CCN(C(=O)C(C)C)CC1. The highest BCUT2D eigenvalue weighted by atomic mass is 16.2. The number of piperazine rings is 1. The maximum Gasteiger partial charge on any atom is 0.256 e. The quantitative estimate of drug-likeness (QED) is 0.839. The van der Waals surface area contributed by atoms with E-state index >= 15 is 0 Å². The first kappa shape index (κ1) is 15.4. The maximum absolute atomic E-state index is 12.6. The van der Waals surface area contributed by atoms with Crippen LogP contribution in [0.25, 0.3) is 0 Å². The van der Waals surface area contributed by atoms with Crippen molar-refractivity contribution in [3.63, 3.8) is 0 Å². The van der Waals surface area contributed by atoms with Gasteiger partial charge in [0.15, 0.2) is 0 Å². The van der Waals surface area contributed by atoms with Crippen LogP contribution in [0, 0.1) is 12.8 Å². The van der Waals surface area contributed by atoms with Crippen molar-refractivity contribution in [2.75, 3.05) is 31.9 Å². The second-order valence-electron chi connectivity index (χ2n) is 5.81. The summed E-state index contributed by atoms with van der Waals surface area (Å²) in [5.74, 6) is 0.110. The Morgan fingerprint density at radius 3 is 2.19 bits per heavy atom. The third-order valence-electron chi connectivity index (χ3n) is 3.89. The van der Waals surface area contributed by atoms with Crippen molar-refractivity contribution in [3.05, 3.63) is 29.3 Å². The number of nitrogens with zero attached hydrogens (tertiary/aromatic N) is 2. The number of nitrogens with two attached hydrogens (primary N) is 1. The third kappa shape index (κ3) is 3.17. The molecule has 1 aromatic carbocycles. The minimum Gasteiger partial charge on any atom is -0.398 e. The van der Waals surface area contributed by atoms with Gasteiger partial charge in [0.2, 0.25) is 5.91 Å². The van der Waals surface area contributed by atoms with Gasteiger partial charge in [-0.05, 0) is 18.6 Å². The number of hydrogen-bond acceptors (Lipinski definition) is 3. The zero-order chi connectivity index (χ0) is 15.6. The van der Waals surface area contributed by atoms with E-state index in [1.54, 1.807) is 11.0 Å². The topological polar surface area (TPSA) is 66.6 Å². The highest BCUT2D eigenvalue weighted by Crippen LogP contribution is 2.19. The van der Waals surface area contributed by atoms with E-state index < -0.39 is 0 Å². The Hall–Kier alpha value is -2.04. The number of carbonyl (C=O) groups is 2. The predicted molar refractivity (Wildman–Crippen MR) is 82.9 cm³/mol. The van der Waals surface area contributed by atoms with Crippen LogP contribution < -0.4 is 5.73 Å². The average Bonchev–Trinajstić information content (AvgIpc) is 2.46. The van der Waals surface area contributed by atoms with Crippen molar-refractivity contribution in [1.82, 2.24) is 9.80 Å². The summed E-state index contributed by atoms with van der Waals surface area (Å²) in [6.45, 7) is 7.99. The molecule has 0 spiro atoms. The molecule has 1 aliphatic rings. The smallest absolute Gasteiger partial charge is 0.256 e. The van der Waals surface area contributed by atoms with Crippen molar-refractivity contribution in [2.24, 2.45) is 5.92 Å². The highest BCUT2D eigenvalue weighted by molar-refractivity contribution is 6.00. The minimum absolute atomic E-state index is 0.000682. The van der Waals surface area contributed by atoms with Gasteiger partial charge in [-0.2, -0.15) is 0 Å². The van der Waals surface area contributed by atoms with E-state index in [2.05, 4.69) is 0 Å². The van der Waals surface area contributed by atoms with Crippen molar-refractivity contribution in [2.45, 2.75) is 20.8 Å². The van der Waals surface area contributed by atoms with Crippen molar-refractivity contribution in [3.8, 4) is 0 Å². The molecule has 1 fully saturated rings. The van der Waals surface area contributed by atoms with Crippen LogP contribution in [0.1, 0.15) is 29.8 Å². The number of amides is 2. The van der Waals surface area contributed by atoms with Gasteiger partial charge < -0.3 is 15.5 Å². The van der Waals surface area contributed by atoms with E-state index in [1.165, 1.54) is 0 Å². The molecule has 0 saturated carbocycles. The second-order valence-corrected chi connectivity index (χ2v) is 5.81. The monoisotopic (exact) mass is 289 g/mol. The van der Waals surface area contributed by atoms with Gasteiger partial charge in [0.1, 0.15) is 0 Å². The van der Waals surface area contributed by atoms with Gasteiger partial charge in [-0.25, -0.2) is 0 Å². The Morgan fingerprint density at radius 1 is 1.10 bits per heavy atom. The predicted octanol–water partition coefficient (Wildman–Crippen LogP) is 1.52. The molecule has 0 aromatic heterocycles. The normalized spacial score (nSPS) is 15.4. The number of aryl methyl sites for hydroxylation is 1. The van der Waals surface area contributed by atoms with Crippen molar-refractivity contribution >= 4 is 17.5 Å². The molecule has 0 radical (unpaired) electrons. The average molecular weight is 289 g/mol. The number of carbonyl (C=O) groups excluding carboxylic acids is 2. The van der Waals surface area contributed by atoms with Crippen LogP contribution >= 0.6 is 0 Å². The van der Waals surface area contributed by atoms with E-state index in [0.29, 0.717) is 37.4 Å². The molecule has 114 valence electrons. The Labute approximate surface area is 125 Å². The fourth-order valence-corrected chi connectivity index (χ4v) is 2.64. The zero-order valence-electron chi connectivity index (χ0n) is 12.9. The van der Waals surface area contributed by atoms with Crippen LogP contribution in [0.4, 0.5) is 5.69 Å². The lowest BCUT2D eigenvalue weighted by molar-refractivity contribution is -0.135. The summed E-state index contributed by atoms with van der Waals surface area (Å²) in [7, 11) is 0. The fourth-order valence-electron chi connectivity index (χ4n) is 2.64. The molecular weight excluding hydrogens is 266 g/mol. The second kappa shape index (κ2) is 6.16. The Balaban J connectivity index is 2.06. The molecular formula is C16H23N3O2. The first-order valence-corrected chi connectivity index (χ1v) is 7.35. The lowest BCUT2D eigenvalue weighted by Gasteiger charge is -2.36. The summed E-state index contributed by atoms with van der Waals surface area (Å²) in [4.78, 5) is 28.2. The molecule has 5 nitrogen and oxygen atoms in total. The first-order valence-electron chi connectivity index (χ1n) is 7.35. The zero-order valence-corrected chi connectivity index (χ0v) is 12.9. The van der Waals surface area contributed by atoms with Crippen LogP contribution in [-0.4, -0.2) is 47.8 Å². The summed E-state index contributed by atoms with van der Waals surface area (Å²) in [6, 6.07) is 5.49. The molecule has 2 amide bonds. The molecule has 1 saturated heterocycles. The summed E-state index contributed by atoms with van der Waals surface area (Å²) in [5.41, 5.74) is 7.92. The van der Waals surface area contributed by atoms with Crippen LogP contribution in [0.15, 0.2) is 18.2 Å². The van der Waals surface area contributed by atoms with Gasteiger partial charge in [0.25, 0.3) is 5.91 Å². The number of benzene rings is 1. The summed E-state index contributed by atoms with van der Waals surface area (Å²) < 4.78 is 0. The van der Waals surface area contributed by atoms with Crippen molar-refractivity contribution in [1.29, 1.82) is 0 Å². The van der Waals surface area contributed by atoms with Gasteiger partial charge in [0, 0.05) is 37.8 Å². The number of anilines is 1. The highest BCUT2D eigenvalue weighted by Gasteiger charge is 2.27. The van der Waals surface area contributed by atoms with Gasteiger partial charge >= 0.3 is 0 Å². The number of nitrogen functional groups attached to an aromatic ring is 1.